The van der Waals surface area contributed by atoms with Crippen molar-refractivity contribution in [2.24, 2.45) is 0 Å². The summed E-state index contributed by atoms with van der Waals surface area (Å²) in [7, 11) is 3.90. The molecule has 0 fully saturated rings. The molecule has 7 nitrogen and oxygen atoms in total. The van der Waals surface area contributed by atoms with E-state index >= 15 is 0 Å². The zero-order chi connectivity index (χ0) is 17.1. The van der Waals surface area contributed by atoms with Crippen molar-refractivity contribution in [2.45, 2.75) is 20.4 Å². The molecular formula is C17H20N6O. The monoisotopic (exact) mass is 324 g/mol. The Kier molecular flexibility index (Phi) is 4.52. The summed E-state index contributed by atoms with van der Waals surface area (Å²) in [6.07, 6.45) is 5.11. The Balaban J connectivity index is 1.75. The summed E-state index contributed by atoms with van der Waals surface area (Å²) in [5, 5.41) is 12.4. The second kappa shape index (κ2) is 6.76. The molecule has 7 heteroatoms. The number of hydrogen-bond acceptors (Lipinski definition) is 6. The molecule has 0 aliphatic heterocycles. The first-order valence-electron chi connectivity index (χ1n) is 7.65. The summed E-state index contributed by atoms with van der Waals surface area (Å²) >= 11 is 0. The van der Waals surface area contributed by atoms with Gasteiger partial charge in [0.2, 0.25) is 11.8 Å². The fourth-order valence-corrected chi connectivity index (χ4v) is 2.39. The average molecular weight is 324 g/mol. The third-order valence-electron chi connectivity index (χ3n) is 3.29. The summed E-state index contributed by atoms with van der Waals surface area (Å²) in [4.78, 5) is 6.32. The van der Waals surface area contributed by atoms with Gasteiger partial charge < -0.3 is 9.32 Å². The fraction of sp³-hybridized carbons (Fsp3) is 0.294. The van der Waals surface area contributed by atoms with E-state index in [4.69, 9.17) is 4.42 Å². The van der Waals surface area contributed by atoms with E-state index in [9.17, 15) is 0 Å². The first-order chi connectivity index (χ1) is 11.5. The van der Waals surface area contributed by atoms with E-state index in [1.54, 1.807) is 23.3 Å². The lowest BCUT2D eigenvalue weighted by molar-refractivity contribution is 0.340. The van der Waals surface area contributed by atoms with Crippen molar-refractivity contribution in [2.75, 3.05) is 14.1 Å². The number of aryl methyl sites for hydroxylation is 2. The Morgan fingerprint density at radius 2 is 1.88 bits per heavy atom. The molecule has 0 unspecified atom stereocenters. The van der Waals surface area contributed by atoms with Crippen molar-refractivity contribution in [1.29, 1.82) is 0 Å². The van der Waals surface area contributed by atoms with Crippen LogP contribution in [0.1, 0.15) is 22.9 Å². The van der Waals surface area contributed by atoms with Gasteiger partial charge in [-0.3, -0.25) is 0 Å². The maximum absolute atomic E-state index is 5.53. The number of nitrogens with zero attached hydrogens (tertiary/aromatic N) is 6. The van der Waals surface area contributed by atoms with Crippen LogP contribution in [-0.2, 0) is 6.54 Å². The Labute approximate surface area is 140 Å². The van der Waals surface area contributed by atoms with Crippen LogP contribution in [0.15, 0.2) is 28.9 Å². The molecule has 3 rings (SSSR count). The first-order valence-corrected chi connectivity index (χ1v) is 7.65. The van der Waals surface area contributed by atoms with Crippen molar-refractivity contribution >= 4 is 12.3 Å². The van der Waals surface area contributed by atoms with Crippen LogP contribution < -0.4 is 0 Å². The van der Waals surface area contributed by atoms with Gasteiger partial charge in [-0.05, 0) is 40.1 Å². The van der Waals surface area contributed by atoms with Crippen molar-refractivity contribution in [1.82, 2.24) is 29.9 Å². The lowest BCUT2D eigenvalue weighted by Gasteiger charge is -2.03. The van der Waals surface area contributed by atoms with Crippen LogP contribution in [0.2, 0.25) is 0 Å². The molecule has 0 spiro atoms. The molecule has 2 aromatic heterocycles. The number of aromatic nitrogens is 5. The minimum atomic E-state index is 0.440. The molecule has 0 radical (unpaired) electrons. The molecule has 0 bridgehead atoms. The van der Waals surface area contributed by atoms with Gasteiger partial charge in [-0.15, -0.1) is 15.3 Å². The normalized spacial score (nSPS) is 11.7. The van der Waals surface area contributed by atoms with Crippen LogP contribution >= 0.6 is 0 Å². The average Bonchev–Trinajstić information content (AvgIpc) is 3.12. The molecular weight excluding hydrogens is 304 g/mol. The lowest BCUT2D eigenvalue weighted by Crippen LogP contribution is -2.10. The second-order valence-electron chi connectivity index (χ2n) is 6.01. The van der Waals surface area contributed by atoms with Crippen molar-refractivity contribution in [3.8, 4) is 11.4 Å². The smallest absolute Gasteiger partial charge is 0.242 e. The quantitative estimate of drug-likeness (QED) is 0.718. The standard InChI is InChI=1S/C17H20N6O/c1-12-7-13(2)9-14(8-12)17-18-11-23(21-17)6-5-15-19-20-16(24-15)10-22(3)4/h5-9,11H,10H2,1-4H3/b6-5-. The van der Waals surface area contributed by atoms with Gasteiger partial charge in [0.1, 0.15) is 6.33 Å². The Hall–Kier alpha value is -2.80. The van der Waals surface area contributed by atoms with Gasteiger partial charge in [-0.1, -0.05) is 17.2 Å². The molecule has 0 amide bonds. The van der Waals surface area contributed by atoms with Crippen LogP contribution in [-0.4, -0.2) is 44.0 Å². The molecule has 0 saturated heterocycles. The molecule has 3 aromatic rings. The zero-order valence-corrected chi connectivity index (χ0v) is 14.3. The van der Waals surface area contributed by atoms with E-state index in [1.807, 2.05) is 19.0 Å². The van der Waals surface area contributed by atoms with Gasteiger partial charge in [-0.25, -0.2) is 9.67 Å². The van der Waals surface area contributed by atoms with E-state index in [1.165, 1.54) is 11.1 Å². The summed E-state index contributed by atoms with van der Waals surface area (Å²) in [6.45, 7) is 4.74. The third kappa shape index (κ3) is 3.94. The largest absolute Gasteiger partial charge is 0.420 e. The summed E-state index contributed by atoms with van der Waals surface area (Å²) < 4.78 is 7.15. The van der Waals surface area contributed by atoms with Crippen LogP contribution in [0.4, 0.5) is 0 Å². The van der Waals surface area contributed by atoms with Crippen LogP contribution in [0.25, 0.3) is 23.7 Å². The topological polar surface area (TPSA) is 72.9 Å². The zero-order valence-electron chi connectivity index (χ0n) is 14.3. The van der Waals surface area contributed by atoms with Gasteiger partial charge in [0.05, 0.1) is 6.54 Å². The van der Waals surface area contributed by atoms with Crippen LogP contribution in [0, 0.1) is 13.8 Å². The van der Waals surface area contributed by atoms with E-state index in [2.05, 4.69) is 52.3 Å². The molecule has 24 heavy (non-hydrogen) atoms. The highest BCUT2D eigenvalue weighted by Gasteiger charge is 2.06. The molecule has 2 heterocycles. The van der Waals surface area contributed by atoms with Gasteiger partial charge >= 0.3 is 0 Å². The van der Waals surface area contributed by atoms with Gasteiger partial charge in [0.25, 0.3) is 0 Å². The second-order valence-corrected chi connectivity index (χ2v) is 6.01. The van der Waals surface area contributed by atoms with Crippen LogP contribution in [0.3, 0.4) is 0 Å². The minimum absolute atomic E-state index is 0.440. The predicted molar refractivity (Wildman–Crippen MR) is 91.8 cm³/mol. The van der Waals surface area contributed by atoms with Crippen molar-refractivity contribution < 1.29 is 4.42 Å². The van der Waals surface area contributed by atoms with E-state index in [0.29, 0.717) is 24.2 Å². The molecule has 0 aliphatic carbocycles. The number of benzene rings is 1. The maximum atomic E-state index is 5.53. The summed E-state index contributed by atoms with van der Waals surface area (Å²) in [5.41, 5.74) is 3.39. The Morgan fingerprint density at radius 3 is 2.58 bits per heavy atom. The molecule has 0 aliphatic rings. The van der Waals surface area contributed by atoms with Gasteiger partial charge in [0.15, 0.2) is 5.82 Å². The highest BCUT2D eigenvalue weighted by molar-refractivity contribution is 5.58. The minimum Gasteiger partial charge on any atom is -0.420 e. The molecule has 0 atom stereocenters. The summed E-state index contributed by atoms with van der Waals surface area (Å²) in [5.74, 6) is 1.70. The third-order valence-corrected chi connectivity index (χ3v) is 3.29. The van der Waals surface area contributed by atoms with Crippen molar-refractivity contribution in [3.05, 3.63) is 47.4 Å². The van der Waals surface area contributed by atoms with Gasteiger partial charge in [0, 0.05) is 17.8 Å². The van der Waals surface area contributed by atoms with E-state index < -0.39 is 0 Å². The molecule has 124 valence electrons. The van der Waals surface area contributed by atoms with Gasteiger partial charge in [-0.2, -0.15) is 0 Å². The Bertz CT molecular complexity index is 841. The SMILES string of the molecule is Cc1cc(C)cc(-c2ncn(/C=C\c3nnc(CN(C)C)o3)n2)c1. The predicted octanol–water partition coefficient (Wildman–Crippen LogP) is 2.63. The Morgan fingerprint density at radius 1 is 1.12 bits per heavy atom. The van der Waals surface area contributed by atoms with Crippen LogP contribution in [0.5, 0.6) is 0 Å². The maximum Gasteiger partial charge on any atom is 0.242 e. The molecule has 0 N–H and O–H groups in total. The number of rotatable bonds is 5. The van der Waals surface area contributed by atoms with Crippen molar-refractivity contribution in [3.63, 3.8) is 0 Å². The molecule has 0 saturated carbocycles. The first kappa shape index (κ1) is 16.1. The van der Waals surface area contributed by atoms with E-state index in [-0.39, 0.29) is 0 Å². The lowest BCUT2D eigenvalue weighted by atomic mass is 10.1. The number of hydrogen-bond donors (Lipinski definition) is 0. The fourth-order valence-electron chi connectivity index (χ4n) is 2.39. The highest BCUT2D eigenvalue weighted by Crippen LogP contribution is 2.18. The highest BCUT2D eigenvalue weighted by atomic mass is 16.4. The summed E-state index contributed by atoms with van der Waals surface area (Å²) in [6, 6.07) is 6.27. The molecule has 1 aromatic carbocycles. The van der Waals surface area contributed by atoms with E-state index in [0.717, 1.165) is 5.56 Å².